The summed E-state index contributed by atoms with van der Waals surface area (Å²) in [6, 6.07) is 0. The minimum absolute atomic E-state index is 0.0614. The molecule has 0 spiro atoms. The molecule has 5 nitrogen and oxygen atoms in total. The van der Waals surface area contributed by atoms with Crippen molar-refractivity contribution in [3.63, 3.8) is 0 Å². The molecule has 0 aromatic rings. The summed E-state index contributed by atoms with van der Waals surface area (Å²) in [6.07, 6.45) is -1.44. The lowest BCUT2D eigenvalue weighted by molar-refractivity contribution is -0.198. The van der Waals surface area contributed by atoms with Gasteiger partial charge in [0.1, 0.15) is 23.2 Å². The molecule has 4 N–H and O–H groups in total. The molecule has 4 atom stereocenters. The Morgan fingerprint density at radius 1 is 1.44 bits per heavy atom. The van der Waals surface area contributed by atoms with Gasteiger partial charge in [0.2, 0.25) is 0 Å². The van der Waals surface area contributed by atoms with E-state index in [-0.39, 0.29) is 5.57 Å². The lowest BCUT2D eigenvalue weighted by Crippen LogP contribution is -2.60. The Labute approximate surface area is 94.0 Å². The van der Waals surface area contributed by atoms with Gasteiger partial charge in [-0.15, -0.1) is 0 Å². The van der Waals surface area contributed by atoms with E-state index in [1.54, 1.807) is 13.8 Å². The molecule has 0 radical (unpaired) electrons. The van der Waals surface area contributed by atoms with Gasteiger partial charge in [-0.1, -0.05) is 20.4 Å². The molecule has 1 saturated carbocycles. The van der Waals surface area contributed by atoms with Gasteiger partial charge >= 0.3 is 5.97 Å². The van der Waals surface area contributed by atoms with Crippen molar-refractivity contribution >= 4 is 5.97 Å². The second-order valence-corrected chi connectivity index (χ2v) is 4.88. The maximum atomic E-state index is 11.1. The largest absolute Gasteiger partial charge is 0.481 e. The van der Waals surface area contributed by atoms with E-state index in [0.717, 1.165) is 0 Å². The highest BCUT2D eigenvalue weighted by molar-refractivity contribution is 5.77. The van der Waals surface area contributed by atoms with Crippen molar-refractivity contribution < 1.29 is 25.2 Å². The summed E-state index contributed by atoms with van der Waals surface area (Å²) in [5.41, 5.74) is -3.90. The molecule has 0 aromatic heterocycles. The molecule has 1 aliphatic carbocycles. The van der Waals surface area contributed by atoms with Crippen molar-refractivity contribution in [3.8, 4) is 0 Å². The van der Waals surface area contributed by atoms with E-state index in [2.05, 4.69) is 6.58 Å². The van der Waals surface area contributed by atoms with Gasteiger partial charge in [-0.25, -0.2) is 0 Å². The molecule has 0 bridgehead atoms. The van der Waals surface area contributed by atoms with Crippen LogP contribution < -0.4 is 0 Å². The summed E-state index contributed by atoms with van der Waals surface area (Å²) in [5, 5.41) is 39.4. The first-order valence-electron chi connectivity index (χ1n) is 5.12. The monoisotopic (exact) mass is 230 g/mol. The van der Waals surface area contributed by atoms with E-state index >= 15 is 0 Å². The molecule has 1 fully saturated rings. The van der Waals surface area contributed by atoms with Crippen LogP contribution in [-0.4, -0.2) is 43.7 Å². The lowest BCUT2D eigenvalue weighted by Gasteiger charge is -2.41. The first-order valence-corrected chi connectivity index (χ1v) is 5.12. The number of hydrogen-bond acceptors (Lipinski definition) is 4. The lowest BCUT2D eigenvalue weighted by atomic mass is 9.73. The van der Waals surface area contributed by atoms with Crippen LogP contribution in [0.3, 0.4) is 0 Å². The first-order chi connectivity index (χ1) is 7.08. The zero-order valence-electron chi connectivity index (χ0n) is 9.64. The SMILES string of the molecule is C=C1C(O)C(C)(O)C(O)(C(C)C)C1C(=O)O. The Kier molecular flexibility index (Phi) is 2.92. The number of carboxylic acids is 1. The molecule has 4 unspecified atom stereocenters. The molecule has 1 rings (SSSR count). The van der Waals surface area contributed by atoms with E-state index < -0.39 is 35.1 Å². The van der Waals surface area contributed by atoms with Crippen molar-refractivity contribution in [2.45, 2.75) is 38.1 Å². The highest BCUT2D eigenvalue weighted by atomic mass is 16.4. The topological polar surface area (TPSA) is 98.0 Å². The van der Waals surface area contributed by atoms with Crippen LogP contribution in [0.25, 0.3) is 0 Å². The van der Waals surface area contributed by atoms with Gasteiger partial charge in [0.05, 0.1) is 0 Å². The quantitative estimate of drug-likeness (QED) is 0.491. The van der Waals surface area contributed by atoms with Gasteiger partial charge in [0.15, 0.2) is 0 Å². The van der Waals surface area contributed by atoms with Gasteiger partial charge in [0, 0.05) is 0 Å². The van der Waals surface area contributed by atoms with Crippen molar-refractivity contribution in [2.75, 3.05) is 0 Å². The molecule has 0 aliphatic heterocycles. The van der Waals surface area contributed by atoms with Crippen molar-refractivity contribution in [1.82, 2.24) is 0 Å². The van der Waals surface area contributed by atoms with Crippen LogP contribution in [0.4, 0.5) is 0 Å². The smallest absolute Gasteiger partial charge is 0.313 e. The molecule has 0 amide bonds. The maximum Gasteiger partial charge on any atom is 0.313 e. The Balaban J connectivity index is 3.40. The van der Waals surface area contributed by atoms with Crippen LogP contribution in [0.2, 0.25) is 0 Å². The Morgan fingerprint density at radius 3 is 2.12 bits per heavy atom. The third kappa shape index (κ3) is 1.32. The first kappa shape index (κ1) is 13.2. The fourth-order valence-corrected chi connectivity index (χ4v) is 2.58. The molecular weight excluding hydrogens is 212 g/mol. The van der Waals surface area contributed by atoms with E-state index in [4.69, 9.17) is 5.11 Å². The number of carboxylic acid groups (broad SMARTS) is 1. The number of rotatable bonds is 2. The molecule has 5 heteroatoms. The fraction of sp³-hybridized carbons (Fsp3) is 0.727. The zero-order chi connectivity index (χ0) is 12.9. The van der Waals surface area contributed by atoms with Gasteiger partial charge in [-0.05, 0) is 18.4 Å². The standard InChI is InChI=1S/C11H18O5/c1-5(2)11(16)7(9(13)14)6(3)8(12)10(11,4)15/h5,7-8,12,15-16H,3H2,1-2,4H3,(H,13,14). The van der Waals surface area contributed by atoms with Gasteiger partial charge in [0.25, 0.3) is 0 Å². The maximum absolute atomic E-state index is 11.1. The molecule has 0 saturated heterocycles. The van der Waals surface area contributed by atoms with Crippen LogP contribution in [0, 0.1) is 11.8 Å². The summed E-state index contributed by atoms with van der Waals surface area (Å²) < 4.78 is 0. The number of aliphatic hydroxyl groups excluding tert-OH is 1. The van der Waals surface area contributed by atoms with Crippen molar-refractivity contribution in [3.05, 3.63) is 12.2 Å². The normalized spacial score (nSPS) is 44.1. The molecular formula is C11H18O5. The molecule has 16 heavy (non-hydrogen) atoms. The Hall–Kier alpha value is -0.910. The van der Waals surface area contributed by atoms with E-state index in [9.17, 15) is 20.1 Å². The predicted octanol–water partition coefficient (Wildman–Crippen LogP) is -0.244. The molecule has 0 heterocycles. The van der Waals surface area contributed by atoms with E-state index in [1.807, 2.05) is 0 Å². The van der Waals surface area contributed by atoms with Gasteiger partial charge < -0.3 is 20.4 Å². The Bertz CT molecular complexity index is 333. The minimum atomic E-state index is -1.92. The second-order valence-electron chi connectivity index (χ2n) is 4.88. The van der Waals surface area contributed by atoms with Gasteiger partial charge in [-0.3, -0.25) is 4.79 Å². The summed E-state index contributed by atoms with van der Waals surface area (Å²) in [4.78, 5) is 11.1. The summed E-state index contributed by atoms with van der Waals surface area (Å²) in [5.74, 6) is -3.19. The number of aliphatic hydroxyl groups is 3. The molecule has 1 aliphatic rings. The number of hydrogen-bond donors (Lipinski definition) is 4. The average Bonchev–Trinajstić information content (AvgIpc) is 2.26. The van der Waals surface area contributed by atoms with E-state index in [1.165, 1.54) is 6.92 Å². The van der Waals surface area contributed by atoms with Crippen LogP contribution >= 0.6 is 0 Å². The van der Waals surface area contributed by atoms with Crippen LogP contribution in [0.15, 0.2) is 12.2 Å². The van der Waals surface area contributed by atoms with Crippen LogP contribution in [0.5, 0.6) is 0 Å². The molecule has 0 aromatic carbocycles. The predicted molar refractivity (Wildman–Crippen MR) is 56.7 cm³/mol. The minimum Gasteiger partial charge on any atom is -0.481 e. The average molecular weight is 230 g/mol. The van der Waals surface area contributed by atoms with Crippen LogP contribution in [-0.2, 0) is 4.79 Å². The number of carbonyl (C=O) groups is 1. The van der Waals surface area contributed by atoms with E-state index in [0.29, 0.717) is 0 Å². The number of aliphatic carboxylic acids is 1. The Morgan fingerprint density at radius 2 is 1.88 bits per heavy atom. The van der Waals surface area contributed by atoms with Gasteiger partial charge in [-0.2, -0.15) is 0 Å². The summed E-state index contributed by atoms with van der Waals surface area (Å²) in [6.45, 7) is 7.87. The molecule has 92 valence electrons. The highest BCUT2D eigenvalue weighted by Gasteiger charge is 2.67. The zero-order valence-corrected chi connectivity index (χ0v) is 9.64. The summed E-state index contributed by atoms with van der Waals surface area (Å²) in [7, 11) is 0. The second kappa shape index (κ2) is 3.55. The van der Waals surface area contributed by atoms with Crippen LogP contribution in [0.1, 0.15) is 20.8 Å². The summed E-state index contributed by atoms with van der Waals surface area (Å²) >= 11 is 0. The fourth-order valence-electron chi connectivity index (χ4n) is 2.58. The third-order valence-electron chi connectivity index (χ3n) is 3.63. The van der Waals surface area contributed by atoms with Crippen molar-refractivity contribution in [2.24, 2.45) is 11.8 Å². The highest BCUT2D eigenvalue weighted by Crippen LogP contribution is 2.50. The third-order valence-corrected chi connectivity index (χ3v) is 3.63. The van der Waals surface area contributed by atoms with Crippen molar-refractivity contribution in [1.29, 1.82) is 0 Å².